The lowest BCUT2D eigenvalue weighted by Gasteiger charge is -2.02. The number of tetrazole rings is 1. The van der Waals surface area contributed by atoms with Crippen LogP contribution in [-0.4, -0.2) is 26.1 Å². The molecule has 0 atom stereocenters. The van der Waals surface area contributed by atoms with E-state index in [0.717, 1.165) is 5.56 Å². The molecule has 0 aliphatic heterocycles. The largest absolute Gasteiger partial charge is 0.293 e. The van der Waals surface area contributed by atoms with Gasteiger partial charge in [0.05, 0.1) is 0 Å². The topological polar surface area (TPSA) is 98.7 Å². The normalized spacial score (nSPS) is 10.1. The molecule has 1 heterocycles. The SMILES string of the molecule is NNC(=O)Cn1nnnc1-c1ccccc1. The smallest absolute Gasteiger partial charge is 0.255 e. The van der Waals surface area contributed by atoms with E-state index in [4.69, 9.17) is 5.84 Å². The summed E-state index contributed by atoms with van der Waals surface area (Å²) in [5.41, 5.74) is 2.87. The molecule has 3 N–H and O–H groups in total. The van der Waals surface area contributed by atoms with Crippen LogP contribution in [-0.2, 0) is 11.3 Å². The summed E-state index contributed by atoms with van der Waals surface area (Å²) in [6.45, 7) is -0.00622. The third kappa shape index (κ3) is 2.04. The number of rotatable bonds is 3. The van der Waals surface area contributed by atoms with Gasteiger partial charge in [-0.1, -0.05) is 30.3 Å². The van der Waals surface area contributed by atoms with Crippen LogP contribution >= 0.6 is 0 Å². The fraction of sp³-hybridized carbons (Fsp3) is 0.111. The summed E-state index contributed by atoms with van der Waals surface area (Å²) in [5, 5.41) is 11.1. The van der Waals surface area contributed by atoms with Crippen molar-refractivity contribution in [2.24, 2.45) is 5.84 Å². The molecule has 0 fully saturated rings. The molecule has 1 amide bonds. The number of nitrogens with one attached hydrogen (secondary N) is 1. The fourth-order valence-electron chi connectivity index (χ4n) is 1.29. The van der Waals surface area contributed by atoms with Crippen molar-refractivity contribution in [2.45, 2.75) is 6.54 Å². The van der Waals surface area contributed by atoms with E-state index in [1.807, 2.05) is 35.8 Å². The van der Waals surface area contributed by atoms with Crippen molar-refractivity contribution in [3.05, 3.63) is 30.3 Å². The van der Waals surface area contributed by atoms with Crippen LogP contribution in [0.5, 0.6) is 0 Å². The highest BCUT2D eigenvalue weighted by atomic mass is 16.2. The highest BCUT2D eigenvalue weighted by Gasteiger charge is 2.10. The van der Waals surface area contributed by atoms with E-state index >= 15 is 0 Å². The third-order valence-corrected chi connectivity index (χ3v) is 2.02. The molecule has 1 aromatic heterocycles. The maximum Gasteiger partial charge on any atom is 0.255 e. The molecule has 7 heteroatoms. The zero-order valence-corrected chi connectivity index (χ0v) is 8.37. The number of carbonyl (C=O) groups is 1. The lowest BCUT2D eigenvalue weighted by atomic mass is 10.2. The molecular weight excluding hydrogens is 208 g/mol. The predicted molar refractivity (Wildman–Crippen MR) is 55.6 cm³/mol. The monoisotopic (exact) mass is 218 g/mol. The van der Waals surface area contributed by atoms with Crippen LogP contribution in [0.4, 0.5) is 0 Å². The summed E-state index contributed by atoms with van der Waals surface area (Å²) >= 11 is 0. The quantitative estimate of drug-likeness (QED) is 0.404. The van der Waals surface area contributed by atoms with E-state index in [9.17, 15) is 4.79 Å². The Morgan fingerprint density at radius 1 is 1.38 bits per heavy atom. The molecule has 0 aliphatic carbocycles. The van der Waals surface area contributed by atoms with Gasteiger partial charge in [-0.15, -0.1) is 5.10 Å². The molecule has 0 bridgehead atoms. The maximum atomic E-state index is 11.1. The van der Waals surface area contributed by atoms with Crippen molar-refractivity contribution >= 4 is 5.91 Å². The summed E-state index contributed by atoms with van der Waals surface area (Å²) in [4.78, 5) is 11.1. The first kappa shape index (κ1) is 10.2. The first-order chi connectivity index (χ1) is 7.81. The Kier molecular flexibility index (Phi) is 2.88. The second-order valence-electron chi connectivity index (χ2n) is 3.09. The van der Waals surface area contributed by atoms with Crippen molar-refractivity contribution < 1.29 is 4.79 Å². The van der Waals surface area contributed by atoms with E-state index in [1.54, 1.807) is 0 Å². The van der Waals surface area contributed by atoms with Gasteiger partial charge >= 0.3 is 0 Å². The van der Waals surface area contributed by atoms with Gasteiger partial charge in [0, 0.05) is 5.56 Å². The van der Waals surface area contributed by atoms with E-state index in [2.05, 4.69) is 15.5 Å². The number of hydrogen-bond acceptors (Lipinski definition) is 5. The summed E-state index contributed by atoms with van der Waals surface area (Å²) < 4.78 is 1.39. The van der Waals surface area contributed by atoms with Crippen LogP contribution in [0, 0.1) is 0 Å². The second-order valence-corrected chi connectivity index (χ2v) is 3.09. The van der Waals surface area contributed by atoms with Crippen LogP contribution < -0.4 is 11.3 Å². The van der Waals surface area contributed by atoms with Gasteiger partial charge in [-0.3, -0.25) is 10.2 Å². The minimum absolute atomic E-state index is 0.00622. The predicted octanol–water partition coefficient (Wildman–Crippen LogP) is -0.670. The lowest BCUT2D eigenvalue weighted by Crippen LogP contribution is -2.33. The lowest BCUT2D eigenvalue weighted by molar-refractivity contribution is -0.121. The van der Waals surface area contributed by atoms with Gasteiger partial charge in [0.1, 0.15) is 6.54 Å². The number of carbonyl (C=O) groups excluding carboxylic acids is 1. The summed E-state index contributed by atoms with van der Waals surface area (Å²) in [7, 11) is 0. The molecule has 82 valence electrons. The average molecular weight is 218 g/mol. The van der Waals surface area contributed by atoms with Gasteiger partial charge in [0.25, 0.3) is 5.91 Å². The molecule has 0 radical (unpaired) electrons. The second kappa shape index (κ2) is 4.49. The Morgan fingerprint density at radius 2 is 2.12 bits per heavy atom. The Labute approximate surface area is 91.2 Å². The number of benzene rings is 1. The first-order valence-electron chi connectivity index (χ1n) is 4.62. The van der Waals surface area contributed by atoms with Crippen LogP contribution in [0.15, 0.2) is 30.3 Å². The average Bonchev–Trinajstić information content (AvgIpc) is 2.78. The Bertz CT molecular complexity index is 480. The molecule has 0 unspecified atom stereocenters. The van der Waals surface area contributed by atoms with E-state index in [0.29, 0.717) is 5.82 Å². The van der Waals surface area contributed by atoms with Gasteiger partial charge in [-0.25, -0.2) is 10.5 Å². The van der Waals surface area contributed by atoms with E-state index < -0.39 is 0 Å². The van der Waals surface area contributed by atoms with Crippen molar-refractivity contribution in [1.29, 1.82) is 0 Å². The maximum absolute atomic E-state index is 11.1. The molecule has 0 spiro atoms. The number of nitrogens with two attached hydrogens (primary N) is 1. The summed E-state index contributed by atoms with van der Waals surface area (Å²) in [5.74, 6) is 5.17. The molecular formula is C9H10N6O. The van der Waals surface area contributed by atoms with E-state index in [1.165, 1.54) is 4.68 Å². The molecule has 16 heavy (non-hydrogen) atoms. The van der Waals surface area contributed by atoms with Crippen molar-refractivity contribution in [3.8, 4) is 11.4 Å². The molecule has 2 rings (SSSR count). The van der Waals surface area contributed by atoms with Gasteiger partial charge in [-0.05, 0) is 10.4 Å². The van der Waals surface area contributed by atoms with Gasteiger partial charge in [-0.2, -0.15) is 0 Å². The Balaban J connectivity index is 2.29. The Morgan fingerprint density at radius 3 is 2.81 bits per heavy atom. The minimum Gasteiger partial charge on any atom is -0.293 e. The van der Waals surface area contributed by atoms with Crippen molar-refractivity contribution in [2.75, 3.05) is 0 Å². The number of hydrazine groups is 1. The number of amides is 1. The van der Waals surface area contributed by atoms with Gasteiger partial charge in [0.15, 0.2) is 5.82 Å². The summed E-state index contributed by atoms with van der Waals surface area (Å²) in [6, 6.07) is 9.37. The van der Waals surface area contributed by atoms with Gasteiger partial charge < -0.3 is 0 Å². The minimum atomic E-state index is -0.357. The molecule has 2 aromatic rings. The molecule has 0 saturated carbocycles. The first-order valence-corrected chi connectivity index (χ1v) is 4.62. The van der Waals surface area contributed by atoms with Crippen LogP contribution in [0.2, 0.25) is 0 Å². The standard InChI is InChI=1S/C9H10N6O/c10-11-8(16)6-15-9(12-13-14-15)7-4-2-1-3-5-7/h1-5H,6,10H2,(H,11,16). The van der Waals surface area contributed by atoms with Gasteiger partial charge in [0.2, 0.25) is 0 Å². The van der Waals surface area contributed by atoms with Crippen LogP contribution in [0.3, 0.4) is 0 Å². The fourth-order valence-corrected chi connectivity index (χ4v) is 1.29. The van der Waals surface area contributed by atoms with Crippen LogP contribution in [0.1, 0.15) is 0 Å². The summed E-state index contributed by atoms with van der Waals surface area (Å²) in [6.07, 6.45) is 0. The third-order valence-electron chi connectivity index (χ3n) is 2.02. The van der Waals surface area contributed by atoms with Crippen molar-refractivity contribution in [3.63, 3.8) is 0 Å². The zero-order valence-electron chi connectivity index (χ0n) is 8.37. The highest BCUT2D eigenvalue weighted by molar-refractivity contribution is 5.75. The van der Waals surface area contributed by atoms with Crippen LogP contribution in [0.25, 0.3) is 11.4 Å². The molecule has 0 aliphatic rings. The number of aromatic nitrogens is 4. The zero-order chi connectivity index (χ0) is 11.4. The highest BCUT2D eigenvalue weighted by Crippen LogP contribution is 2.13. The molecule has 0 saturated heterocycles. The number of hydrogen-bond donors (Lipinski definition) is 2. The van der Waals surface area contributed by atoms with E-state index in [-0.39, 0.29) is 12.5 Å². The number of nitrogens with zero attached hydrogens (tertiary/aromatic N) is 4. The van der Waals surface area contributed by atoms with Crippen molar-refractivity contribution in [1.82, 2.24) is 25.6 Å². The molecule has 7 nitrogen and oxygen atoms in total. The Hall–Kier alpha value is -2.28. The molecule has 1 aromatic carbocycles.